The lowest BCUT2D eigenvalue weighted by Crippen LogP contribution is -2.22. The molecule has 0 spiro atoms. The first kappa shape index (κ1) is 19.8. The SMILES string of the molecule is CCc1ccc(OCC2CCCC2)c([C@@H](Nc2ccc(C#N)cc2)C(=O)O)c1. The second kappa shape index (κ2) is 9.27. The molecule has 28 heavy (non-hydrogen) atoms. The first-order chi connectivity index (χ1) is 13.6. The molecule has 1 fully saturated rings. The summed E-state index contributed by atoms with van der Waals surface area (Å²) in [6, 6.07) is 13.7. The van der Waals surface area contributed by atoms with E-state index in [1.54, 1.807) is 24.3 Å². The van der Waals surface area contributed by atoms with Crippen LogP contribution in [0.3, 0.4) is 0 Å². The number of rotatable bonds is 8. The largest absolute Gasteiger partial charge is 0.493 e. The maximum absolute atomic E-state index is 12.1. The van der Waals surface area contributed by atoms with Crippen molar-refractivity contribution < 1.29 is 14.6 Å². The molecule has 0 saturated heterocycles. The van der Waals surface area contributed by atoms with Crippen molar-refractivity contribution in [2.75, 3.05) is 11.9 Å². The summed E-state index contributed by atoms with van der Waals surface area (Å²) in [5.74, 6) is 0.203. The van der Waals surface area contributed by atoms with Gasteiger partial charge in [-0.3, -0.25) is 0 Å². The summed E-state index contributed by atoms with van der Waals surface area (Å²) in [6.45, 7) is 2.67. The van der Waals surface area contributed by atoms with E-state index in [4.69, 9.17) is 10.00 Å². The Kier molecular flexibility index (Phi) is 6.54. The Bertz CT molecular complexity index is 849. The van der Waals surface area contributed by atoms with Crippen LogP contribution in [0.5, 0.6) is 5.75 Å². The summed E-state index contributed by atoms with van der Waals surface area (Å²) in [5.41, 5.74) is 2.88. The minimum atomic E-state index is -0.969. The number of aryl methyl sites for hydroxylation is 1. The summed E-state index contributed by atoms with van der Waals surface area (Å²) in [4.78, 5) is 12.1. The van der Waals surface area contributed by atoms with E-state index in [1.807, 2.05) is 25.1 Å². The van der Waals surface area contributed by atoms with E-state index >= 15 is 0 Å². The molecule has 0 heterocycles. The lowest BCUT2D eigenvalue weighted by molar-refractivity contribution is -0.138. The zero-order chi connectivity index (χ0) is 19.9. The van der Waals surface area contributed by atoms with Gasteiger partial charge in [0.15, 0.2) is 6.04 Å². The van der Waals surface area contributed by atoms with Gasteiger partial charge in [0.25, 0.3) is 0 Å². The van der Waals surface area contributed by atoms with Gasteiger partial charge in [-0.2, -0.15) is 5.26 Å². The van der Waals surface area contributed by atoms with Gasteiger partial charge in [0.1, 0.15) is 5.75 Å². The van der Waals surface area contributed by atoms with Crippen molar-refractivity contribution in [1.82, 2.24) is 0 Å². The van der Waals surface area contributed by atoms with E-state index in [1.165, 1.54) is 25.7 Å². The van der Waals surface area contributed by atoms with E-state index in [2.05, 4.69) is 11.4 Å². The minimum absolute atomic E-state index is 0.533. The highest BCUT2D eigenvalue weighted by Crippen LogP contribution is 2.32. The lowest BCUT2D eigenvalue weighted by Gasteiger charge is -2.21. The number of carboxylic acid groups (broad SMARTS) is 1. The van der Waals surface area contributed by atoms with E-state index in [-0.39, 0.29) is 0 Å². The van der Waals surface area contributed by atoms with Crippen molar-refractivity contribution in [1.29, 1.82) is 5.26 Å². The molecule has 1 aliphatic carbocycles. The highest BCUT2D eigenvalue weighted by Gasteiger charge is 2.25. The molecule has 5 heteroatoms. The summed E-state index contributed by atoms with van der Waals surface area (Å²) in [5, 5.41) is 21.9. The van der Waals surface area contributed by atoms with Crippen molar-refractivity contribution in [3.63, 3.8) is 0 Å². The van der Waals surface area contributed by atoms with Crippen LogP contribution in [0.25, 0.3) is 0 Å². The third kappa shape index (κ3) is 4.83. The Labute approximate surface area is 166 Å². The van der Waals surface area contributed by atoms with Crippen LogP contribution in [0.1, 0.15) is 55.3 Å². The number of nitriles is 1. The Morgan fingerprint density at radius 1 is 1.25 bits per heavy atom. The first-order valence-corrected chi connectivity index (χ1v) is 9.85. The smallest absolute Gasteiger partial charge is 0.330 e. The molecule has 5 nitrogen and oxygen atoms in total. The van der Waals surface area contributed by atoms with Gasteiger partial charge in [0.05, 0.1) is 18.2 Å². The van der Waals surface area contributed by atoms with Gasteiger partial charge < -0.3 is 15.2 Å². The highest BCUT2D eigenvalue weighted by molar-refractivity contribution is 5.80. The summed E-state index contributed by atoms with van der Waals surface area (Å²) in [7, 11) is 0. The first-order valence-electron chi connectivity index (χ1n) is 9.85. The molecular weight excluding hydrogens is 352 g/mol. The predicted molar refractivity (Wildman–Crippen MR) is 108 cm³/mol. The topological polar surface area (TPSA) is 82.3 Å². The number of anilines is 1. The standard InChI is InChI=1S/C23H26N2O3/c1-2-16-9-12-21(28-15-18-5-3-4-6-18)20(13-16)22(23(26)27)25-19-10-7-17(14-24)8-11-19/h7-13,18,22,25H,2-6,15H2,1H3,(H,26,27)/t22-/m1/s1. The minimum Gasteiger partial charge on any atom is -0.493 e. The van der Waals surface area contributed by atoms with E-state index in [0.717, 1.165) is 12.0 Å². The van der Waals surface area contributed by atoms with Gasteiger partial charge in [-0.05, 0) is 67.1 Å². The fourth-order valence-corrected chi connectivity index (χ4v) is 3.64. The number of benzene rings is 2. The molecule has 2 N–H and O–H groups in total. The summed E-state index contributed by atoms with van der Waals surface area (Å²) in [6.07, 6.45) is 5.66. The van der Waals surface area contributed by atoms with E-state index in [0.29, 0.717) is 35.1 Å². The summed E-state index contributed by atoms with van der Waals surface area (Å²) < 4.78 is 6.08. The third-order valence-electron chi connectivity index (χ3n) is 5.31. The molecule has 0 aromatic heterocycles. The number of hydrogen-bond acceptors (Lipinski definition) is 4. The summed E-state index contributed by atoms with van der Waals surface area (Å²) >= 11 is 0. The van der Waals surface area contributed by atoms with Crippen molar-refractivity contribution in [3.05, 3.63) is 59.2 Å². The van der Waals surface area contributed by atoms with Crippen LogP contribution >= 0.6 is 0 Å². The van der Waals surface area contributed by atoms with Gasteiger partial charge in [-0.15, -0.1) is 0 Å². The van der Waals surface area contributed by atoms with Gasteiger partial charge in [-0.25, -0.2) is 4.79 Å². The Hall–Kier alpha value is -3.00. The number of hydrogen-bond donors (Lipinski definition) is 2. The van der Waals surface area contributed by atoms with Crippen LogP contribution in [0.2, 0.25) is 0 Å². The molecule has 1 saturated carbocycles. The molecule has 3 rings (SSSR count). The second-order valence-corrected chi connectivity index (χ2v) is 7.29. The second-order valence-electron chi connectivity index (χ2n) is 7.29. The normalized spacial score (nSPS) is 15.0. The number of carboxylic acids is 1. The number of carbonyl (C=O) groups is 1. The molecule has 0 unspecified atom stereocenters. The van der Waals surface area contributed by atoms with Gasteiger partial charge in [0, 0.05) is 11.3 Å². The fourth-order valence-electron chi connectivity index (χ4n) is 3.64. The molecule has 0 radical (unpaired) electrons. The van der Waals surface area contributed by atoms with Crippen LogP contribution in [0.15, 0.2) is 42.5 Å². The monoisotopic (exact) mass is 378 g/mol. The van der Waals surface area contributed by atoms with Crippen LogP contribution in [0, 0.1) is 17.2 Å². The molecule has 0 aliphatic heterocycles. The van der Waals surface area contributed by atoms with Crippen molar-refractivity contribution in [2.45, 2.75) is 45.1 Å². The number of ether oxygens (including phenoxy) is 1. The average molecular weight is 378 g/mol. The maximum atomic E-state index is 12.1. The van der Waals surface area contributed by atoms with Gasteiger partial charge in [0.2, 0.25) is 0 Å². The number of nitrogens with zero attached hydrogens (tertiary/aromatic N) is 1. The van der Waals surface area contributed by atoms with E-state index < -0.39 is 12.0 Å². The Morgan fingerprint density at radius 2 is 1.96 bits per heavy atom. The molecule has 2 aromatic rings. The average Bonchev–Trinajstić information content (AvgIpc) is 3.24. The zero-order valence-corrected chi connectivity index (χ0v) is 16.1. The number of aliphatic carboxylic acids is 1. The van der Waals surface area contributed by atoms with Crippen molar-refractivity contribution in [2.24, 2.45) is 5.92 Å². The van der Waals surface area contributed by atoms with Gasteiger partial charge >= 0.3 is 5.97 Å². The molecule has 146 valence electrons. The van der Waals surface area contributed by atoms with Crippen LogP contribution in [-0.2, 0) is 11.2 Å². The van der Waals surface area contributed by atoms with E-state index in [9.17, 15) is 9.90 Å². The highest BCUT2D eigenvalue weighted by atomic mass is 16.5. The maximum Gasteiger partial charge on any atom is 0.330 e. The van der Waals surface area contributed by atoms with Crippen molar-refractivity contribution >= 4 is 11.7 Å². The molecule has 2 aromatic carbocycles. The molecule has 0 amide bonds. The molecule has 1 atom stereocenters. The predicted octanol–water partition coefficient (Wildman–Crippen LogP) is 4.93. The molecular formula is C23H26N2O3. The van der Waals surface area contributed by atoms with Crippen LogP contribution < -0.4 is 10.1 Å². The van der Waals surface area contributed by atoms with Crippen LogP contribution in [-0.4, -0.2) is 17.7 Å². The third-order valence-corrected chi connectivity index (χ3v) is 5.31. The zero-order valence-electron chi connectivity index (χ0n) is 16.1. The molecule has 0 bridgehead atoms. The Morgan fingerprint density at radius 3 is 2.57 bits per heavy atom. The molecule has 1 aliphatic rings. The van der Waals surface area contributed by atoms with Crippen molar-refractivity contribution in [3.8, 4) is 11.8 Å². The van der Waals surface area contributed by atoms with Gasteiger partial charge in [-0.1, -0.05) is 25.8 Å². The lowest BCUT2D eigenvalue weighted by atomic mass is 10.0. The number of nitrogens with one attached hydrogen (secondary N) is 1. The quantitative estimate of drug-likeness (QED) is 0.681. The Balaban J connectivity index is 1.86. The van der Waals surface area contributed by atoms with Crippen LogP contribution in [0.4, 0.5) is 5.69 Å². The fraction of sp³-hybridized carbons (Fsp3) is 0.391.